The first-order chi connectivity index (χ1) is 4.81. The average Bonchev–Trinajstić information content (AvgIpc) is 1.89. The molecule has 0 radical (unpaired) electrons. The molecule has 10 heavy (non-hydrogen) atoms. The maximum Gasteiger partial charge on any atom is 0.0354 e. The Kier molecular flexibility index (Phi) is 6.24. The molecule has 0 aromatic heterocycles. The van der Waals surface area contributed by atoms with Gasteiger partial charge in [-0.25, -0.2) is 0 Å². The Morgan fingerprint density at radius 3 is 2.50 bits per heavy atom. The molecule has 0 aliphatic carbocycles. The van der Waals surface area contributed by atoms with Gasteiger partial charge >= 0.3 is 0 Å². The van der Waals surface area contributed by atoms with Gasteiger partial charge in [0.1, 0.15) is 0 Å². The Morgan fingerprint density at radius 1 is 1.30 bits per heavy atom. The first-order valence-corrected chi connectivity index (χ1v) is 4.04. The van der Waals surface area contributed by atoms with Crippen LogP contribution >= 0.6 is 0 Å². The summed E-state index contributed by atoms with van der Waals surface area (Å²) in [4.78, 5) is 0. The van der Waals surface area contributed by atoms with E-state index in [4.69, 9.17) is 0 Å². The Labute approximate surface area is 63.9 Å². The standard InChI is InChI=1S/C8H18N2/c1-4-6-7-9-10(3)8-5-2/h7H,4-6,8H2,1-3H3/b9-7-. The summed E-state index contributed by atoms with van der Waals surface area (Å²) in [6.45, 7) is 5.37. The summed E-state index contributed by atoms with van der Waals surface area (Å²) >= 11 is 0. The third kappa shape index (κ3) is 5.60. The van der Waals surface area contributed by atoms with Crippen molar-refractivity contribution >= 4 is 6.21 Å². The Morgan fingerprint density at radius 2 is 2.00 bits per heavy atom. The van der Waals surface area contributed by atoms with Gasteiger partial charge in [0.2, 0.25) is 0 Å². The van der Waals surface area contributed by atoms with Crippen LogP contribution in [0, 0.1) is 0 Å². The van der Waals surface area contributed by atoms with E-state index in [2.05, 4.69) is 18.9 Å². The molecule has 0 spiro atoms. The average molecular weight is 142 g/mol. The molecule has 2 heteroatoms. The van der Waals surface area contributed by atoms with E-state index < -0.39 is 0 Å². The highest BCUT2D eigenvalue weighted by Gasteiger charge is 1.85. The van der Waals surface area contributed by atoms with Crippen molar-refractivity contribution in [3.63, 3.8) is 0 Å². The first kappa shape index (κ1) is 9.47. The minimum atomic E-state index is 1.06. The lowest BCUT2D eigenvalue weighted by atomic mass is 10.4. The molecule has 0 bridgehead atoms. The van der Waals surface area contributed by atoms with Gasteiger partial charge in [0, 0.05) is 19.8 Å². The largest absolute Gasteiger partial charge is 0.300 e. The van der Waals surface area contributed by atoms with Crippen LogP contribution in [0.4, 0.5) is 0 Å². The lowest BCUT2D eigenvalue weighted by Crippen LogP contribution is -2.11. The van der Waals surface area contributed by atoms with Gasteiger partial charge < -0.3 is 5.01 Å². The summed E-state index contributed by atoms with van der Waals surface area (Å²) in [7, 11) is 2.01. The lowest BCUT2D eigenvalue weighted by molar-refractivity contribution is 0.356. The van der Waals surface area contributed by atoms with Crippen molar-refractivity contribution in [2.75, 3.05) is 13.6 Å². The van der Waals surface area contributed by atoms with Crippen LogP contribution in [0.2, 0.25) is 0 Å². The maximum absolute atomic E-state index is 4.21. The van der Waals surface area contributed by atoms with E-state index in [1.54, 1.807) is 0 Å². The van der Waals surface area contributed by atoms with Crippen molar-refractivity contribution in [3.05, 3.63) is 0 Å². The van der Waals surface area contributed by atoms with Crippen LogP contribution in [0.3, 0.4) is 0 Å². The van der Waals surface area contributed by atoms with E-state index in [0.717, 1.165) is 13.0 Å². The van der Waals surface area contributed by atoms with Crippen molar-refractivity contribution in [1.29, 1.82) is 0 Å². The molecular weight excluding hydrogens is 124 g/mol. The second kappa shape index (κ2) is 6.59. The molecule has 0 aromatic carbocycles. The molecule has 0 rings (SSSR count). The molecule has 0 fully saturated rings. The van der Waals surface area contributed by atoms with Crippen LogP contribution in [0.5, 0.6) is 0 Å². The van der Waals surface area contributed by atoms with Crippen LogP contribution in [0.25, 0.3) is 0 Å². The smallest absolute Gasteiger partial charge is 0.0354 e. The number of hydrogen-bond acceptors (Lipinski definition) is 2. The summed E-state index contributed by atoms with van der Waals surface area (Å²) in [6, 6.07) is 0. The van der Waals surface area contributed by atoms with Gasteiger partial charge in [-0.15, -0.1) is 0 Å². The first-order valence-electron chi connectivity index (χ1n) is 4.04. The van der Waals surface area contributed by atoms with E-state index in [1.165, 1.54) is 12.8 Å². The molecule has 0 amide bonds. The molecule has 0 aromatic rings. The number of rotatable bonds is 5. The summed E-state index contributed by atoms with van der Waals surface area (Å²) in [5.41, 5.74) is 0. The van der Waals surface area contributed by atoms with E-state index in [0.29, 0.717) is 0 Å². The summed E-state index contributed by atoms with van der Waals surface area (Å²) in [6.07, 6.45) is 5.42. The van der Waals surface area contributed by atoms with Crippen molar-refractivity contribution in [1.82, 2.24) is 5.01 Å². The van der Waals surface area contributed by atoms with Gasteiger partial charge in [0.05, 0.1) is 0 Å². The molecule has 0 N–H and O–H groups in total. The van der Waals surface area contributed by atoms with Crippen molar-refractivity contribution < 1.29 is 0 Å². The molecule has 0 aliphatic rings. The molecule has 0 saturated carbocycles. The van der Waals surface area contributed by atoms with E-state index >= 15 is 0 Å². The van der Waals surface area contributed by atoms with Crippen molar-refractivity contribution in [2.45, 2.75) is 33.1 Å². The quantitative estimate of drug-likeness (QED) is 0.424. The highest BCUT2D eigenvalue weighted by Crippen LogP contribution is 1.87. The lowest BCUT2D eigenvalue weighted by Gasteiger charge is -2.09. The van der Waals surface area contributed by atoms with Gasteiger partial charge in [-0.2, -0.15) is 5.10 Å². The normalized spacial score (nSPS) is 10.7. The van der Waals surface area contributed by atoms with Crippen LogP contribution in [-0.4, -0.2) is 24.8 Å². The Bertz CT molecular complexity index is 89.3. The Hall–Kier alpha value is -0.530. The molecule has 0 unspecified atom stereocenters. The second-order valence-corrected chi connectivity index (χ2v) is 2.47. The fourth-order valence-electron chi connectivity index (χ4n) is 0.708. The molecular formula is C8H18N2. The fourth-order valence-corrected chi connectivity index (χ4v) is 0.708. The van der Waals surface area contributed by atoms with Crippen LogP contribution in [0.15, 0.2) is 5.10 Å². The zero-order valence-corrected chi connectivity index (χ0v) is 7.30. The minimum Gasteiger partial charge on any atom is -0.300 e. The van der Waals surface area contributed by atoms with E-state index in [1.807, 2.05) is 18.3 Å². The second-order valence-electron chi connectivity index (χ2n) is 2.47. The van der Waals surface area contributed by atoms with Gasteiger partial charge in [-0.1, -0.05) is 20.3 Å². The molecule has 0 heterocycles. The fraction of sp³-hybridized carbons (Fsp3) is 0.875. The number of hydrazone groups is 1. The summed E-state index contributed by atoms with van der Waals surface area (Å²) < 4.78 is 0. The van der Waals surface area contributed by atoms with Crippen LogP contribution in [0.1, 0.15) is 33.1 Å². The third-order valence-electron chi connectivity index (χ3n) is 1.24. The van der Waals surface area contributed by atoms with Gasteiger partial charge in [-0.05, 0) is 12.8 Å². The van der Waals surface area contributed by atoms with Crippen molar-refractivity contribution in [2.24, 2.45) is 5.10 Å². The monoisotopic (exact) mass is 142 g/mol. The molecule has 0 saturated heterocycles. The molecule has 60 valence electrons. The number of hydrogen-bond donors (Lipinski definition) is 0. The summed E-state index contributed by atoms with van der Waals surface area (Å²) in [5.74, 6) is 0. The highest BCUT2D eigenvalue weighted by atomic mass is 15.4. The predicted octanol–water partition coefficient (Wildman–Crippen LogP) is 2.11. The van der Waals surface area contributed by atoms with Gasteiger partial charge in [-0.3, -0.25) is 0 Å². The summed E-state index contributed by atoms with van der Waals surface area (Å²) in [5, 5.41) is 6.19. The van der Waals surface area contributed by atoms with E-state index in [9.17, 15) is 0 Å². The zero-order valence-electron chi connectivity index (χ0n) is 7.30. The topological polar surface area (TPSA) is 15.6 Å². The van der Waals surface area contributed by atoms with E-state index in [-0.39, 0.29) is 0 Å². The van der Waals surface area contributed by atoms with Gasteiger partial charge in [0.15, 0.2) is 0 Å². The maximum atomic E-state index is 4.21. The number of unbranched alkanes of at least 4 members (excludes halogenated alkanes) is 1. The molecule has 0 aliphatic heterocycles. The predicted molar refractivity (Wildman–Crippen MR) is 46.3 cm³/mol. The van der Waals surface area contributed by atoms with Gasteiger partial charge in [0.25, 0.3) is 0 Å². The SMILES string of the molecule is CCC/C=N\N(C)CCC. The highest BCUT2D eigenvalue weighted by molar-refractivity contribution is 5.56. The minimum absolute atomic E-state index is 1.06. The molecule has 0 atom stereocenters. The number of nitrogens with zero attached hydrogens (tertiary/aromatic N) is 2. The Balaban J connectivity index is 3.26. The van der Waals surface area contributed by atoms with Crippen LogP contribution < -0.4 is 0 Å². The van der Waals surface area contributed by atoms with Crippen LogP contribution in [-0.2, 0) is 0 Å². The molecule has 2 nitrogen and oxygen atoms in total. The zero-order chi connectivity index (χ0) is 7.82. The van der Waals surface area contributed by atoms with Crippen molar-refractivity contribution in [3.8, 4) is 0 Å². The third-order valence-corrected chi connectivity index (χ3v) is 1.24.